The summed E-state index contributed by atoms with van der Waals surface area (Å²) in [5.41, 5.74) is 3.45. The minimum absolute atomic E-state index is 0.0627. The van der Waals surface area contributed by atoms with Crippen molar-refractivity contribution < 1.29 is 9.59 Å². The molecule has 1 amide bonds. The molecule has 0 aromatic heterocycles. The summed E-state index contributed by atoms with van der Waals surface area (Å²) in [7, 11) is 0. The molecule has 1 atom stereocenters. The van der Waals surface area contributed by atoms with Gasteiger partial charge in [0.25, 0.3) is 0 Å². The molecule has 0 heterocycles. The Balaban J connectivity index is 1.82. The smallest absolute Gasteiger partial charge is 0.248 e. The molecule has 2 aromatic carbocycles. The van der Waals surface area contributed by atoms with Crippen LogP contribution in [0.15, 0.2) is 66.2 Å². The van der Waals surface area contributed by atoms with Crippen LogP contribution in [0.25, 0.3) is 0 Å². The van der Waals surface area contributed by atoms with E-state index in [1.54, 1.807) is 24.3 Å². The Labute approximate surface area is 161 Å². The lowest BCUT2D eigenvalue weighted by Crippen LogP contribution is -2.30. The molecule has 0 radical (unpaired) electrons. The van der Waals surface area contributed by atoms with E-state index in [9.17, 15) is 9.59 Å². The third-order valence-corrected chi connectivity index (χ3v) is 4.10. The van der Waals surface area contributed by atoms with Crippen LogP contribution in [0.3, 0.4) is 0 Å². The maximum absolute atomic E-state index is 12.4. The van der Waals surface area contributed by atoms with Crippen LogP contribution >= 0.6 is 0 Å². The summed E-state index contributed by atoms with van der Waals surface area (Å²) < 4.78 is 0. The lowest BCUT2D eigenvalue weighted by Gasteiger charge is -2.13. The predicted molar refractivity (Wildman–Crippen MR) is 111 cm³/mol. The predicted octanol–water partition coefficient (Wildman–Crippen LogP) is 4.38. The maximum atomic E-state index is 12.4. The molecule has 0 bridgehead atoms. The quantitative estimate of drug-likeness (QED) is 0.513. The largest absolute Gasteiger partial charge is 0.322 e. The molecule has 27 heavy (non-hydrogen) atoms. The van der Waals surface area contributed by atoms with Gasteiger partial charge in [-0.2, -0.15) is 0 Å². The Hall–Kier alpha value is -2.72. The molecule has 0 saturated heterocycles. The van der Waals surface area contributed by atoms with Gasteiger partial charge in [-0.15, -0.1) is 0 Å². The lowest BCUT2D eigenvalue weighted by molar-refractivity contribution is -0.111. The number of benzene rings is 2. The van der Waals surface area contributed by atoms with E-state index in [1.165, 1.54) is 11.6 Å². The van der Waals surface area contributed by atoms with E-state index in [4.69, 9.17) is 0 Å². The highest BCUT2D eigenvalue weighted by atomic mass is 16.1. The number of nitrogens with one attached hydrogen (secondary N) is 2. The van der Waals surface area contributed by atoms with Crippen LogP contribution < -0.4 is 10.6 Å². The summed E-state index contributed by atoms with van der Waals surface area (Å²) in [6.45, 7) is 6.48. The Bertz CT molecular complexity index is 793. The number of carbonyl (C=O) groups excluding carboxylic acids is 2. The van der Waals surface area contributed by atoms with Gasteiger partial charge in [-0.05, 0) is 44.9 Å². The molecular formula is C23H28N2O2. The third-order valence-electron chi connectivity index (χ3n) is 4.10. The molecule has 142 valence electrons. The molecule has 0 saturated carbocycles. The molecule has 2 aromatic rings. The average molecular weight is 364 g/mol. The van der Waals surface area contributed by atoms with E-state index in [2.05, 4.69) is 29.7 Å². The minimum atomic E-state index is -0.184. The number of Topliss-reactive ketones (excluding diaryl/α,β-unsaturated/α-hetero) is 1. The molecule has 2 rings (SSSR count). The van der Waals surface area contributed by atoms with Gasteiger partial charge in [0, 0.05) is 36.3 Å². The lowest BCUT2D eigenvalue weighted by atomic mass is 10.1. The van der Waals surface area contributed by atoms with Gasteiger partial charge in [0.2, 0.25) is 5.91 Å². The zero-order chi connectivity index (χ0) is 19.6. The fourth-order valence-corrected chi connectivity index (χ4v) is 2.83. The number of hydrogen-bond donors (Lipinski definition) is 2. The van der Waals surface area contributed by atoms with Gasteiger partial charge in [-0.25, -0.2) is 0 Å². The van der Waals surface area contributed by atoms with Crippen molar-refractivity contribution in [2.45, 2.75) is 39.7 Å². The topological polar surface area (TPSA) is 58.2 Å². The van der Waals surface area contributed by atoms with E-state index in [0.29, 0.717) is 30.3 Å². The minimum Gasteiger partial charge on any atom is -0.322 e. The Morgan fingerprint density at radius 3 is 2.48 bits per heavy atom. The Morgan fingerprint density at radius 2 is 1.78 bits per heavy atom. The Kier molecular flexibility index (Phi) is 7.96. The first-order valence-corrected chi connectivity index (χ1v) is 9.30. The SMILES string of the molecule is CC(C)=CC(=O)Nc1cccc(C(=O)CCNC(C)Cc2ccccc2)c1. The van der Waals surface area contributed by atoms with Crippen LogP contribution in [-0.4, -0.2) is 24.3 Å². The normalized spacial score (nSPS) is 11.5. The second-order valence-electron chi connectivity index (χ2n) is 7.01. The summed E-state index contributed by atoms with van der Waals surface area (Å²) in [5, 5.41) is 6.19. The first-order chi connectivity index (χ1) is 12.9. The van der Waals surface area contributed by atoms with E-state index >= 15 is 0 Å². The van der Waals surface area contributed by atoms with Crippen molar-refractivity contribution in [1.29, 1.82) is 0 Å². The van der Waals surface area contributed by atoms with Crippen LogP contribution in [-0.2, 0) is 11.2 Å². The number of allylic oxidation sites excluding steroid dienone is 1. The van der Waals surface area contributed by atoms with Crippen molar-refractivity contribution in [3.63, 3.8) is 0 Å². The van der Waals surface area contributed by atoms with Crippen molar-refractivity contribution in [3.8, 4) is 0 Å². The molecule has 0 aliphatic heterocycles. The monoisotopic (exact) mass is 364 g/mol. The van der Waals surface area contributed by atoms with Gasteiger partial charge in [-0.1, -0.05) is 48.0 Å². The van der Waals surface area contributed by atoms with Crippen LogP contribution in [0.5, 0.6) is 0 Å². The van der Waals surface area contributed by atoms with Crippen molar-refractivity contribution >= 4 is 17.4 Å². The van der Waals surface area contributed by atoms with Gasteiger partial charge in [0.15, 0.2) is 5.78 Å². The van der Waals surface area contributed by atoms with E-state index in [-0.39, 0.29) is 11.7 Å². The fraction of sp³-hybridized carbons (Fsp3) is 0.304. The number of amides is 1. The van der Waals surface area contributed by atoms with Crippen molar-refractivity contribution in [1.82, 2.24) is 5.32 Å². The standard InChI is InChI=1S/C23H28N2O2/c1-17(2)14-23(27)25-21-11-7-10-20(16-21)22(26)12-13-24-18(3)15-19-8-5-4-6-9-19/h4-11,14,16,18,24H,12-13,15H2,1-3H3,(H,25,27). The second kappa shape index (κ2) is 10.4. The van der Waals surface area contributed by atoms with Crippen LogP contribution in [0, 0.1) is 0 Å². The van der Waals surface area contributed by atoms with Gasteiger partial charge in [0.1, 0.15) is 0 Å². The number of hydrogen-bond acceptors (Lipinski definition) is 3. The number of carbonyl (C=O) groups is 2. The molecule has 0 aliphatic rings. The van der Waals surface area contributed by atoms with Gasteiger partial charge in [0.05, 0.1) is 0 Å². The third kappa shape index (κ3) is 7.59. The van der Waals surface area contributed by atoms with Crippen molar-refractivity contribution in [2.24, 2.45) is 0 Å². The summed E-state index contributed by atoms with van der Waals surface area (Å²) in [6, 6.07) is 17.7. The molecule has 2 N–H and O–H groups in total. The van der Waals surface area contributed by atoms with Gasteiger partial charge >= 0.3 is 0 Å². The van der Waals surface area contributed by atoms with Crippen molar-refractivity contribution in [2.75, 3.05) is 11.9 Å². The molecule has 0 spiro atoms. The van der Waals surface area contributed by atoms with E-state index in [0.717, 1.165) is 12.0 Å². The summed E-state index contributed by atoms with van der Waals surface area (Å²) >= 11 is 0. The molecule has 1 unspecified atom stereocenters. The average Bonchev–Trinajstić information content (AvgIpc) is 2.62. The second-order valence-corrected chi connectivity index (χ2v) is 7.01. The maximum Gasteiger partial charge on any atom is 0.248 e. The molecule has 4 heteroatoms. The highest BCUT2D eigenvalue weighted by Crippen LogP contribution is 2.13. The highest BCUT2D eigenvalue weighted by molar-refractivity contribution is 6.01. The van der Waals surface area contributed by atoms with Crippen LogP contribution in [0.2, 0.25) is 0 Å². The number of rotatable bonds is 9. The van der Waals surface area contributed by atoms with Gasteiger partial charge in [-0.3, -0.25) is 9.59 Å². The summed E-state index contributed by atoms with van der Waals surface area (Å²) in [4.78, 5) is 24.3. The molecular weight excluding hydrogens is 336 g/mol. The zero-order valence-corrected chi connectivity index (χ0v) is 16.3. The molecule has 0 fully saturated rings. The van der Waals surface area contributed by atoms with Gasteiger partial charge < -0.3 is 10.6 Å². The van der Waals surface area contributed by atoms with E-state index in [1.807, 2.05) is 32.0 Å². The zero-order valence-electron chi connectivity index (χ0n) is 16.3. The van der Waals surface area contributed by atoms with E-state index < -0.39 is 0 Å². The van der Waals surface area contributed by atoms with Crippen LogP contribution in [0.4, 0.5) is 5.69 Å². The Morgan fingerprint density at radius 1 is 1.04 bits per heavy atom. The number of ketones is 1. The van der Waals surface area contributed by atoms with Crippen LogP contribution in [0.1, 0.15) is 43.1 Å². The summed E-state index contributed by atoms with van der Waals surface area (Å²) in [6.07, 6.45) is 2.89. The first-order valence-electron chi connectivity index (χ1n) is 9.30. The first kappa shape index (κ1) is 20.6. The summed E-state index contributed by atoms with van der Waals surface area (Å²) in [5.74, 6) is -0.122. The number of anilines is 1. The highest BCUT2D eigenvalue weighted by Gasteiger charge is 2.09. The fourth-order valence-electron chi connectivity index (χ4n) is 2.83. The molecule has 4 nitrogen and oxygen atoms in total. The van der Waals surface area contributed by atoms with Crippen molar-refractivity contribution in [3.05, 3.63) is 77.4 Å². The molecule has 0 aliphatic carbocycles.